The van der Waals surface area contributed by atoms with Gasteiger partial charge >= 0.3 is 54.0 Å². The van der Waals surface area contributed by atoms with Gasteiger partial charge in [-0.1, -0.05) is 0 Å². The molecule has 18 heavy (non-hydrogen) atoms. The summed E-state index contributed by atoms with van der Waals surface area (Å²) in [5.74, 6) is -4.33. The largest absolute Gasteiger partial charge is 3.00 e. The SMILES string of the molecule is CC(=O)[O-].CC(=O)[O-].CC(=O)[O-].CC(=O)[O-].[Na+].[Sb+3]. The van der Waals surface area contributed by atoms with Crippen LogP contribution in [0.2, 0.25) is 0 Å². The van der Waals surface area contributed by atoms with E-state index in [-0.39, 0.29) is 54.0 Å². The third-order valence-electron chi connectivity index (χ3n) is 0. The maximum absolute atomic E-state index is 8.89. The Balaban J connectivity index is -0.0000000257. The molecular formula is C8H12NaO8Sb. The Kier molecular flexibility index (Phi) is 60.2. The van der Waals surface area contributed by atoms with Crippen molar-refractivity contribution < 1.29 is 69.2 Å². The molecule has 0 saturated carbocycles. The summed E-state index contributed by atoms with van der Waals surface area (Å²) in [6.07, 6.45) is 0. The third-order valence-corrected chi connectivity index (χ3v) is 0. The van der Waals surface area contributed by atoms with Crippen molar-refractivity contribution >= 4 is 48.3 Å². The number of carbonyl (C=O) groups is 4. The van der Waals surface area contributed by atoms with Crippen molar-refractivity contribution in [2.24, 2.45) is 0 Å². The number of carbonyl (C=O) groups excluding carboxylic acids is 4. The van der Waals surface area contributed by atoms with Gasteiger partial charge in [-0.2, -0.15) is 0 Å². The predicted molar refractivity (Wildman–Crippen MR) is 48.5 cm³/mol. The summed E-state index contributed by atoms with van der Waals surface area (Å²) in [5, 5.41) is 35.6. The minimum Gasteiger partial charge on any atom is -0.550 e. The molecule has 0 aliphatic rings. The Morgan fingerprint density at radius 3 is 0.556 bits per heavy atom. The second-order valence-electron chi connectivity index (χ2n) is 1.97. The number of hydrogen-bond donors (Lipinski definition) is 0. The molecule has 0 bridgehead atoms. The smallest absolute Gasteiger partial charge is 0.550 e. The molecule has 0 aromatic heterocycles. The first-order valence-corrected chi connectivity index (χ1v) is 3.63. The minimum absolute atomic E-state index is 0. The molecule has 0 aliphatic heterocycles. The van der Waals surface area contributed by atoms with Gasteiger partial charge in [0.2, 0.25) is 0 Å². The summed E-state index contributed by atoms with van der Waals surface area (Å²) in [6.45, 7) is 3.89. The second kappa shape index (κ2) is 30.1. The van der Waals surface area contributed by atoms with Crippen LogP contribution in [0.25, 0.3) is 0 Å². The van der Waals surface area contributed by atoms with E-state index in [0.717, 1.165) is 27.7 Å². The van der Waals surface area contributed by atoms with Gasteiger partial charge in [0.05, 0.1) is 0 Å². The zero-order chi connectivity index (χ0) is 14.3. The predicted octanol–water partition coefficient (Wildman–Crippen LogP) is -8.35. The van der Waals surface area contributed by atoms with Crippen LogP contribution in [-0.4, -0.2) is 48.3 Å². The molecule has 8 nitrogen and oxygen atoms in total. The van der Waals surface area contributed by atoms with Crippen molar-refractivity contribution in [1.82, 2.24) is 0 Å². The Bertz CT molecular complexity index is 167. The first-order valence-electron chi connectivity index (χ1n) is 3.63. The van der Waals surface area contributed by atoms with Gasteiger partial charge in [-0.3, -0.25) is 0 Å². The van der Waals surface area contributed by atoms with E-state index >= 15 is 0 Å². The fraction of sp³-hybridized carbons (Fsp3) is 0.500. The van der Waals surface area contributed by atoms with Gasteiger partial charge in [0.1, 0.15) is 0 Å². The van der Waals surface area contributed by atoms with Crippen LogP contribution in [0.5, 0.6) is 0 Å². The molecule has 0 aromatic carbocycles. The molecule has 0 fully saturated rings. The van der Waals surface area contributed by atoms with Gasteiger partial charge in [0.25, 0.3) is 0 Å². The zero-order valence-corrected chi connectivity index (χ0v) is 15.3. The number of carboxylic acid groups (broad SMARTS) is 4. The Morgan fingerprint density at radius 2 is 0.556 bits per heavy atom. The van der Waals surface area contributed by atoms with E-state index in [1.54, 1.807) is 0 Å². The molecule has 10 heteroatoms. The Morgan fingerprint density at radius 1 is 0.556 bits per heavy atom. The molecular weight excluding hydrogens is 369 g/mol. The average molecular weight is 381 g/mol. The van der Waals surface area contributed by atoms with Crippen LogP contribution in [0.4, 0.5) is 0 Å². The fourth-order valence-corrected chi connectivity index (χ4v) is 0. The summed E-state index contributed by atoms with van der Waals surface area (Å²) in [5.41, 5.74) is 0. The maximum Gasteiger partial charge on any atom is 3.00 e. The molecule has 98 valence electrons. The Labute approximate surface area is 144 Å². The molecule has 0 amide bonds. The van der Waals surface area contributed by atoms with Crippen LogP contribution in [0.15, 0.2) is 0 Å². The molecule has 0 unspecified atom stereocenters. The maximum atomic E-state index is 8.89. The molecule has 0 aromatic rings. The molecule has 0 atom stereocenters. The Hall–Kier alpha value is -0.302. The molecule has 0 heterocycles. The summed E-state index contributed by atoms with van der Waals surface area (Å²) < 4.78 is 0. The van der Waals surface area contributed by atoms with Gasteiger partial charge in [0, 0.05) is 23.9 Å². The van der Waals surface area contributed by atoms with Crippen molar-refractivity contribution in [1.29, 1.82) is 0 Å². The minimum atomic E-state index is -1.08. The van der Waals surface area contributed by atoms with Crippen LogP contribution in [-0.2, 0) is 19.2 Å². The summed E-state index contributed by atoms with van der Waals surface area (Å²) >= 11 is 0. The van der Waals surface area contributed by atoms with Crippen molar-refractivity contribution in [3.63, 3.8) is 0 Å². The molecule has 0 rings (SSSR count). The van der Waals surface area contributed by atoms with Gasteiger partial charge in [-0.15, -0.1) is 0 Å². The molecule has 0 aliphatic carbocycles. The quantitative estimate of drug-likeness (QED) is 0.374. The van der Waals surface area contributed by atoms with Gasteiger partial charge in [-0.05, 0) is 27.7 Å². The van der Waals surface area contributed by atoms with E-state index in [1.807, 2.05) is 0 Å². The van der Waals surface area contributed by atoms with E-state index in [9.17, 15) is 0 Å². The van der Waals surface area contributed by atoms with E-state index < -0.39 is 23.9 Å². The number of rotatable bonds is 0. The third kappa shape index (κ3) is 37200. The van der Waals surface area contributed by atoms with Crippen LogP contribution in [0.1, 0.15) is 27.7 Å². The van der Waals surface area contributed by atoms with Crippen LogP contribution in [0.3, 0.4) is 0 Å². The molecule has 0 N–H and O–H groups in total. The summed E-state index contributed by atoms with van der Waals surface area (Å²) in [6, 6.07) is 0. The molecule has 0 saturated heterocycles. The number of hydrogen-bond acceptors (Lipinski definition) is 8. The van der Waals surface area contributed by atoms with Gasteiger partial charge < -0.3 is 39.6 Å². The zero-order valence-electron chi connectivity index (χ0n) is 10.7. The average Bonchev–Trinajstić information content (AvgIpc) is 1.76. The van der Waals surface area contributed by atoms with Crippen LogP contribution in [0, 0.1) is 0 Å². The normalized spacial score (nSPS) is 5.56. The first kappa shape index (κ1) is 36.1. The molecule has 2 radical (unpaired) electrons. The van der Waals surface area contributed by atoms with Crippen molar-refractivity contribution in [3.8, 4) is 0 Å². The topological polar surface area (TPSA) is 161 Å². The summed E-state index contributed by atoms with van der Waals surface area (Å²) in [7, 11) is 0. The first-order chi connectivity index (χ1) is 6.93. The van der Waals surface area contributed by atoms with Crippen molar-refractivity contribution in [2.75, 3.05) is 0 Å². The van der Waals surface area contributed by atoms with Gasteiger partial charge in [0.15, 0.2) is 0 Å². The van der Waals surface area contributed by atoms with Crippen LogP contribution < -0.4 is 50.0 Å². The monoisotopic (exact) mass is 380 g/mol. The van der Waals surface area contributed by atoms with E-state index in [4.69, 9.17) is 39.6 Å². The van der Waals surface area contributed by atoms with E-state index in [2.05, 4.69) is 0 Å². The van der Waals surface area contributed by atoms with Gasteiger partial charge in [-0.25, -0.2) is 0 Å². The van der Waals surface area contributed by atoms with Crippen molar-refractivity contribution in [3.05, 3.63) is 0 Å². The number of carboxylic acids is 4. The van der Waals surface area contributed by atoms with E-state index in [0.29, 0.717) is 0 Å². The number of aliphatic carboxylic acids is 4. The second-order valence-corrected chi connectivity index (χ2v) is 1.97. The summed E-state index contributed by atoms with van der Waals surface area (Å²) in [4.78, 5) is 35.6. The van der Waals surface area contributed by atoms with Crippen LogP contribution >= 0.6 is 0 Å². The fourth-order valence-electron chi connectivity index (χ4n) is 0. The standard InChI is InChI=1S/4C2H4O2.Na.Sb/c4*1-2(3)4;;/h4*1H3,(H,3,4);;/q;;;;+1;+3/p-4. The molecule has 0 spiro atoms. The van der Waals surface area contributed by atoms with E-state index in [1.165, 1.54) is 0 Å². The van der Waals surface area contributed by atoms with Crippen molar-refractivity contribution in [2.45, 2.75) is 27.7 Å².